The number of rotatable bonds is 3. The summed E-state index contributed by atoms with van der Waals surface area (Å²) in [7, 11) is 0. The number of hydrogen-bond donors (Lipinski definition) is 1. The van der Waals surface area contributed by atoms with Crippen LogP contribution in [0.5, 0.6) is 0 Å². The van der Waals surface area contributed by atoms with Crippen LogP contribution in [0, 0.1) is 13.8 Å². The van der Waals surface area contributed by atoms with Crippen LogP contribution in [0.25, 0.3) is 6.08 Å². The number of halogens is 1. The van der Waals surface area contributed by atoms with Crippen LogP contribution in [0.2, 0.25) is 5.02 Å². The van der Waals surface area contributed by atoms with Crippen LogP contribution in [0.4, 0.5) is 0 Å². The maximum Gasteiger partial charge on any atom is 0.259 e. The molecule has 1 aromatic heterocycles. The van der Waals surface area contributed by atoms with Crippen LogP contribution >= 0.6 is 11.6 Å². The zero-order valence-corrected chi connectivity index (χ0v) is 12.0. The third kappa shape index (κ3) is 3.25. The van der Waals surface area contributed by atoms with E-state index in [2.05, 4.69) is 4.98 Å². The van der Waals surface area contributed by atoms with Gasteiger partial charge in [-0.05, 0) is 49.2 Å². The number of aromatic amines is 1. The molecule has 0 saturated heterocycles. The van der Waals surface area contributed by atoms with Crippen LogP contribution in [0.15, 0.2) is 41.2 Å². The first kappa shape index (κ1) is 14.3. The minimum Gasteiger partial charge on any atom is -0.326 e. The van der Waals surface area contributed by atoms with Crippen molar-refractivity contribution in [3.05, 3.63) is 74.2 Å². The van der Waals surface area contributed by atoms with Gasteiger partial charge in [-0.15, -0.1) is 0 Å². The number of allylic oxidation sites excluding steroid dienone is 1. The Balaban J connectivity index is 2.32. The molecule has 0 aliphatic rings. The summed E-state index contributed by atoms with van der Waals surface area (Å²) in [6.07, 6.45) is 3.03. The summed E-state index contributed by atoms with van der Waals surface area (Å²) in [5.41, 5.74) is 2.04. The molecule has 102 valence electrons. The Bertz CT molecular complexity index is 744. The van der Waals surface area contributed by atoms with E-state index >= 15 is 0 Å². The Morgan fingerprint density at radius 3 is 2.65 bits per heavy atom. The minimum atomic E-state index is -0.358. The Labute approximate surface area is 121 Å². The molecule has 0 saturated carbocycles. The maximum atomic E-state index is 12.1. The minimum absolute atomic E-state index is 0.175. The van der Waals surface area contributed by atoms with Crippen molar-refractivity contribution in [3.63, 3.8) is 0 Å². The highest BCUT2D eigenvalue weighted by molar-refractivity contribution is 6.30. The lowest BCUT2D eigenvalue weighted by molar-refractivity contribution is 0.104. The molecule has 3 nitrogen and oxygen atoms in total. The molecule has 0 radical (unpaired) electrons. The SMILES string of the molecule is Cc1cc(C)c(C(=O)C=Cc2cccc(Cl)c2)c(=O)[nH]1. The number of pyridine rings is 1. The summed E-state index contributed by atoms with van der Waals surface area (Å²) in [4.78, 5) is 26.6. The number of ketones is 1. The second kappa shape index (κ2) is 5.88. The van der Waals surface area contributed by atoms with Gasteiger partial charge in [0.2, 0.25) is 0 Å². The maximum absolute atomic E-state index is 12.1. The lowest BCUT2D eigenvalue weighted by Gasteiger charge is -2.02. The van der Waals surface area contributed by atoms with E-state index in [4.69, 9.17) is 11.6 Å². The lowest BCUT2D eigenvalue weighted by atomic mass is 10.1. The van der Waals surface area contributed by atoms with Gasteiger partial charge >= 0.3 is 0 Å². The standard InChI is InChI=1S/C16H14ClNO2/c1-10-8-11(2)18-16(20)15(10)14(19)7-6-12-4-3-5-13(17)9-12/h3-9H,1-2H3,(H,18,20). The van der Waals surface area contributed by atoms with Crippen molar-refractivity contribution in [2.75, 3.05) is 0 Å². The zero-order chi connectivity index (χ0) is 14.7. The Kier molecular flexibility index (Phi) is 4.20. The molecule has 0 atom stereocenters. The van der Waals surface area contributed by atoms with E-state index in [1.807, 2.05) is 6.07 Å². The van der Waals surface area contributed by atoms with Gasteiger partial charge in [0.05, 0.1) is 5.56 Å². The quantitative estimate of drug-likeness (QED) is 0.693. The smallest absolute Gasteiger partial charge is 0.259 e. The van der Waals surface area contributed by atoms with Crippen LogP contribution < -0.4 is 5.56 Å². The highest BCUT2D eigenvalue weighted by atomic mass is 35.5. The van der Waals surface area contributed by atoms with Crippen LogP contribution in [0.3, 0.4) is 0 Å². The predicted octanol–water partition coefficient (Wildman–Crippen LogP) is 3.54. The fraction of sp³-hybridized carbons (Fsp3) is 0.125. The molecule has 0 aliphatic heterocycles. The number of carbonyl (C=O) groups excluding carboxylic acids is 1. The normalized spacial score (nSPS) is 10.9. The molecule has 20 heavy (non-hydrogen) atoms. The Hall–Kier alpha value is -2.13. The molecule has 0 fully saturated rings. The van der Waals surface area contributed by atoms with Crippen molar-refractivity contribution in [2.45, 2.75) is 13.8 Å². The van der Waals surface area contributed by atoms with Crippen LogP contribution in [-0.2, 0) is 0 Å². The predicted molar refractivity (Wildman–Crippen MR) is 81.4 cm³/mol. The second-order valence-corrected chi connectivity index (χ2v) is 5.03. The van der Waals surface area contributed by atoms with Gasteiger partial charge in [-0.25, -0.2) is 0 Å². The number of carbonyl (C=O) groups is 1. The third-order valence-corrected chi connectivity index (χ3v) is 3.12. The van der Waals surface area contributed by atoms with E-state index in [-0.39, 0.29) is 16.9 Å². The number of hydrogen-bond acceptors (Lipinski definition) is 2. The molecular weight excluding hydrogens is 274 g/mol. The first-order valence-electron chi connectivity index (χ1n) is 6.16. The summed E-state index contributed by atoms with van der Waals surface area (Å²) in [5.74, 6) is -0.316. The van der Waals surface area contributed by atoms with Gasteiger partial charge in [0, 0.05) is 10.7 Å². The van der Waals surface area contributed by atoms with Gasteiger partial charge in [0.25, 0.3) is 5.56 Å². The van der Waals surface area contributed by atoms with E-state index < -0.39 is 0 Å². The van der Waals surface area contributed by atoms with Gasteiger partial charge in [0.1, 0.15) is 0 Å². The van der Waals surface area contributed by atoms with E-state index in [0.29, 0.717) is 10.6 Å². The number of aryl methyl sites for hydroxylation is 2. The molecular formula is C16H14ClNO2. The fourth-order valence-corrected chi connectivity index (χ4v) is 2.22. The number of aromatic nitrogens is 1. The summed E-state index contributed by atoms with van der Waals surface area (Å²) < 4.78 is 0. The monoisotopic (exact) mass is 287 g/mol. The van der Waals surface area contributed by atoms with Crippen LogP contribution in [-0.4, -0.2) is 10.8 Å². The van der Waals surface area contributed by atoms with Gasteiger partial charge in [-0.1, -0.05) is 29.8 Å². The molecule has 2 rings (SSSR count). The average Bonchev–Trinajstić information content (AvgIpc) is 2.35. The van der Waals surface area contributed by atoms with E-state index in [0.717, 1.165) is 11.3 Å². The zero-order valence-electron chi connectivity index (χ0n) is 11.2. The van der Waals surface area contributed by atoms with Crippen molar-refractivity contribution in [2.24, 2.45) is 0 Å². The topological polar surface area (TPSA) is 49.9 Å². The first-order valence-corrected chi connectivity index (χ1v) is 6.53. The van der Waals surface area contributed by atoms with Crippen LogP contribution in [0.1, 0.15) is 27.2 Å². The molecule has 0 unspecified atom stereocenters. The molecule has 0 bridgehead atoms. The molecule has 1 N–H and O–H groups in total. The number of nitrogens with one attached hydrogen (secondary N) is 1. The number of benzene rings is 1. The molecule has 1 heterocycles. The highest BCUT2D eigenvalue weighted by Crippen LogP contribution is 2.12. The lowest BCUT2D eigenvalue weighted by Crippen LogP contribution is -2.19. The second-order valence-electron chi connectivity index (χ2n) is 4.59. The summed E-state index contributed by atoms with van der Waals surface area (Å²) in [6, 6.07) is 8.92. The molecule has 0 aliphatic carbocycles. The van der Waals surface area contributed by atoms with Crippen molar-refractivity contribution in [1.29, 1.82) is 0 Å². The van der Waals surface area contributed by atoms with Gasteiger partial charge in [-0.2, -0.15) is 0 Å². The molecule has 4 heteroatoms. The van der Waals surface area contributed by atoms with Crippen molar-refractivity contribution in [3.8, 4) is 0 Å². The third-order valence-electron chi connectivity index (χ3n) is 2.89. The van der Waals surface area contributed by atoms with E-state index in [1.165, 1.54) is 6.08 Å². The Morgan fingerprint density at radius 2 is 2.00 bits per heavy atom. The highest BCUT2D eigenvalue weighted by Gasteiger charge is 2.11. The fourth-order valence-electron chi connectivity index (χ4n) is 2.03. The number of H-pyrrole nitrogens is 1. The van der Waals surface area contributed by atoms with Crippen molar-refractivity contribution >= 4 is 23.5 Å². The van der Waals surface area contributed by atoms with Crippen molar-refractivity contribution in [1.82, 2.24) is 4.98 Å². The molecule has 2 aromatic rings. The molecule has 0 spiro atoms. The first-order chi connectivity index (χ1) is 9.47. The average molecular weight is 288 g/mol. The largest absolute Gasteiger partial charge is 0.326 e. The van der Waals surface area contributed by atoms with Gasteiger partial charge in [-0.3, -0.25) is 9.59 Å². The summed E-state index contributed by atoms with van der Waals surface area (Å²) in [6.45, 7) is 3.53. The van der Waals surface area contributed by atoms with Crippen molar-refractivity contribution < 1.29 is 4.79 Å². The van der Waals surface area contributed by atoms with Gasteiger partial charge < -0.3 is 4.98 Å². The van der Waals surface area contributed by atoms with Gasteiger partial charge in [0.15, 0.2) is 5.78 Å². The van der Waals surface area contributed by atoms with E-state index in [1.54, 1.807) is 44.2 Å². The summed E-state index contributed by atoms with van der Waals surface area (Å²) >= 11 is 5.87. The molecule has 1 aromatic carbocycles. The van der Waals surface area contributed by atoms with E-state index in [9.17, 15) is 9.59 Å². The molecule has 0 amide bonds. The summed E-state index contributed by atoms with van der Waals surface area (Å²) in [5, 5.41) is 0.601. The Morgan fingerprint density at radius 1 is 1.25 bits per heavy atom.